The summed E-state index contributed by atoms with van der Waals surface area (Å²) in [5.74, 6) is -0.662. The van der Waals surface area contributed by atoms with Crippen LogP contribution in [-0.2, 0) is 9.53 Å². The number of carbonyl (C=O) groups excluding carboxylic acids is 1. The third kappa shape index (κ3) is 5.28. The predicted octanol–water partition coefficient (Wildman–Crippen LogP) is 0.977. The first kappa shape index (κ1) is 18.4. The number of para-hydroxylation sites is 1. The van der Waals surface area contributed by atoms with E-state index in [4.69, 9.17) is 9.47 Å². The number of halogens is 1. The van der Waals surface area contributed by atoms with Crippen molar-refractivity contribution >= 4 is 5.91 Å². The molecule has 0 aliphatic carbocycles. The molecule has 1 atom stereocenters. The number of hydrogen-bond donors (Lipinski definition) is 2. The highest BCUT2D eigenvalue weighted by atomic mass is 19.1. The molecule has 0 bridgehead atoms. The van der Waals surface area contributed by atoms with Crippen molar-refractivity contribution in [2.24, 2.45) is 0 Å². The molecule has 1 heterocycles. The Morgan fingerprint density at radius 2 is 1.81 bits per heavy atom. The Labute approximate surface area is 152 Å². The summed E-state index contributed by atoms with van der Waals surface area (Å²) in [6.07, 6.45) is 0. The number of amides is 1. The second-order valence-corrected chi connectivity index (χ2v) is 6.32. The summed E-state index contributed by atoms with van der Waals surface area (Å²) in [5.41, 5.74) is 1.05. The van der Waals surface area contributed by atoms with Crippen LogP contribution >= 0.6 is 0 Å². The first-order valence-electron chi connectivity index (χ1n) is 8.85. The van der Waals surface area contributed by atoms with E-state index in [-0.39, 0.29) is 24.3 Å². The molecule has 138 valence electrons. The zero-order chi connectivity index (χ0) is 18.2. The molecule has 0 aromatic heterocycles. The van der Waals surface area contributed by atoms with Crippen LogP contribution in [0, 0.1) is 5.82 Å². The molecule has 1 aliphatic rings. The van der Waals surface area contributed by atoms with Gasteiger partial charge in [-0.25, -0.2) is 4.39 Å². The molecule has 5 nitrogen and oxygen atoms in total. The summed E-state index contributed by atoms with van der Waals surface area (Å²) in [5, 5.41) is 3.02. The summed E-state index contributed by atoms with van der Waals surface area (Å²) < 4.78 is 24.3. The molecule has 1 aliphatic heterocycles. The zero-order valence-corrected chi connectivity index (χ0v) is 14.6. The van der Waals surface area contributed by atoms with Crippen LogP contribution in [0.1, 0.15) is 11.6 Å². The van der Waals surface area contributed by atoms with Crippen molar-refractivity contribution in [3.8, 4) is 5.75 Å². The highest BCUT2D eigenvalue weighted by molar-refractivity contribution is 5.78. The second-order valence-electron chi connectivity index (χ2n) is 6.32. The monoisotopic (exact) mass is 359 g/mol. The van der Waals surface area contributed by atoms with Crippen LogP contribution in [0.3, 0.4) is 0 Å². The zero-order valence-electron chi connectivity index (χ0n) is 14.6. The highest BCUT2D eigenvalue weighted by Crippen LogP contribution is 2.15. The number of ether oxygens (including phenoxy) is 2. The van der Waals surface area contributed by atoms with E-state index in [1.165, 1.54) is 17.0 Å². The van der Waals surface area contributed by atoms with Crippen molar-refractivity contribution in [1.29, 1.82) is 0 Å². The molecular formula is C20H24FN2O3+. The molecule has 1 amide bonds. The third-order valence-corrected chi connectivity index (χ3v) is 4.43. The molecule has 0 unspecified atom stereocenters. The number of carbonyl (C=O) groups is 1. The lowest BCUT2D eigenvalue weighted by Crippen LogP contribution is -3.14. The lowest BCUT2D eigenvalue weighted by atomic mass is 10.1. The summed E-state index contributed by atoms with van der Waals surface area (Å²) in [4.78, 5) is 13.7. The van der Waals surface area contributed by atoms with E-state index in [9.17, 15) is 9.18 Å². The predicted molar refractivity (Wildman–Crippen MR) is 95.6 cm³/mol. The number of hydrogen-bond acceptors (Lipinski definition) is 3. The number of rotatable bonds is 7. The molecule has 0 radical (unpaired) electrons. The van der Waals surface area contributed by atoms with Gasteiger partial charge in [-0.3, -0.25) is 4.79 Å². The smallest absolute Gasteiger partial charge is 0.258 e. The Morgan fingerprint density at radius 3 is 2.54 bits per heavy atom. The number of morpholine rings is 1. The van der Waals surface area contributed by atoms with E-state index >= 15 is 0 Å². The largest absolute Gasteiger partial charge is 0.481 e. The molecule has 0 saturated carbocycles. The Balaban J connectivity index is 1.61. The van der Waals surface area contributed by atoms with Crippen molar-refractivity contribution in [1.82, 2.24) is 5.32 Å². The Bertz CT molecular complexity index is 705. The van der Waals surface area contributed by atoms with Crippen molar-refractivity contribution < 1.29 is 23.6 Å². The van der Waals surface area contributed by atoms with Gasteiger partial charge in [-0.1, -0.05) is 42.5 Å². The second kappa shape index (κ2) is 9.31. The minimum absolute atomic E-state index is 0.0812. The third-order valence-electron chi connectivity index (χ3n) is 4.43. The summed E-state index contributed by atoms with van der Waals surface area (Å²) >= 11 is 0. The number of nitrogens with one attached hydrogen (secondary N) is 2. The highest BCUT2D eigenvalue weighted by Gasteiger charge is 2.23. The first-order valence-corrected chi connectivity index (χ1v) is 8.85. The van der Waals surface area contributed by atoms with Crippen LogP contribution in [0.4, 0.5) is 4.39 Å². The Hall–Kier alpha value is -2.44. The van der Waals surface area contributed by atoms with Gasteiger partial charge in [-0.05, 0) is 17.7 Å². The van der Waals surface area contributed by atoms with Gasteiger partial charge >= 0.3 is 0 Å². The van der Waals surface area contributed by atoms with Gasteiger partial charge in [0.2, 0.25) is 0 Å². The van der Waals surface area contributed by atoms with E-state index in [1.54, 1.807) is 12.1 Å². The number of benzene rings is 2. The molecule has 1 fully saturated rings. The summed E-state index contributed by atoms with van der Waals surface area (Å²) in [6.45, 7) is 3.87. The van der Waals surface area contributed by atoms with Crippen molar-refractivity contribution in [3.63, 3.8) is 0 Å². The van der Waals surface area contributed by atoms with Gasteiger partial charge in [0.05, 0.1) is 13.2 Å². The minimum atomic E-state index is -0.474. The van der Waals surface area contributed by atoms with Gasteiger partial charge in [0.1, 0.15) is 25.7 Å². The van der Waals surface area contributed by atoms with E-state index in [1.807, 2.05) is 30.3 Å². The van der Waals surface area contributed by atoms with Crippen molar-refractivity contribution in [2.45, 2.75) is 6.04 Å². The Kier molecular flexibility index (Phi) is 6.57. The van der Waals surface area contributed by atoms with Gasteiger partial charge in [0.15, 0.2) is 18.2 Å². The summed E-state index contributed by atoms with van der Waals surface area (Å²) in [6, 6.07) is 15.8. The normalized spacial score (nSPS) is 16.0. The molecule has 2 aromatic rings. The fraction of sp³-hybridized carbons (Fsp3) is 0.350. The standard InChI is InChI=1S/C20H23FN2O3/c21-17-8-4-5-9-19(17)26-15-20(24)22-18(16-6-2-1-3-7-16)14-23-10-12-25-13-11-23/h1-9,18H,10-15H2,(H,22,24)/p+1/t18-/m1/s1. The van der Waals surface area contributed by atoms with Crippen molar-refractivity contribution in [2.75, 3.05) is 39.5 Å². The fourth-order valence-electron chi connectivity index (χ4n) is 3.03. The van der Waals surface area contributed by atoms with Crippen LogP contribution in [0.5, 0.6) is 5.75 Å². The molecule has 2 N–H and O–H groups in total. The summed E-state index contributed by atoms with van der Waals surface area (Å²) in [7, 11) is 0. The maximum atomic E-state index is 13.6. The molecule has 26 heavy (non-hydrogen) atoms. The molecular weight excluding hydrogens is 335 g/mol. The molecule has 3 rings (SSSR count). The van der Waals surface area contributed by atoms with Crippen LogP contribution in [0.15, 0.2) is 54.6 Å². The van der Waals surface area contributed by atoms with Gasteiger partial charge in [0, 0.05) is 0 Å². The van der Waals surface area contributed by atoms with Crippen LogP contribution in [0.25, 0.3) is 0 Å². The fourth-order valence-corrected chi connectivity index (χ4v) is 3.03. The van der Waals surface area contributed by atoms with Gasteiger partial charge in [-0.15, -0.1) is 0 Å². The van der Waals surface area contributed by atoms with E-state index in [0.717, 1.165) is 38.4 Å². The minimum Gasteiger partial charge on any atom is -0.481 e. The molecule has 0 spiro atoms. The van der Waals surface area contributed by atoms with Gasteiger partial charge < -0.3 is 19.7 Å². The molecule has 2 aromatic carbocycles. The SMILES string of the molecule is O=C(COc1ccccc1F)N[C@H](C[NH+]1CCOCC1)c1ccccc1. The van der Waals surface area contributed by atoms with Gasteiger partial charge in [-0.2, -0.15) is 0 Å². The van der Waals surface area contributed by atoms with Crippen LogP contribution in [-0.4, -0.2) is 45.4 Å². The van der Waals surface area contributed by atoms with E-state index < -0.39 is 5.82 Å². The average Bonchev–Trinajstić information content (AvgIpc) is 2.68. The lowest BCUT2D eigenvalue weighted by Gasteiger charge is -2.28. The quantitative estimate of drug-likeness (QED) is 0.775. The van der Waals surface area contributed by atoms with E-state index in [2.05, 4.69) is 5.32 Å². The Morgan fingerprint density at radius 1 is 1.12 bits per heavy atom. The maximum Gasteiger partial charge on any atom is 0.258 e. The van der Waals surface area contributed by atoms with E-state index in [0.29, 0.717) is 0 Å². The van der Waals surface area contributed by atoms with Crippen LogP contribution in [0.2, 0.25) is 0 Å². The molecule has 1 saturated heterocycles. The lowest BCUT2D eigenvalue weighted by molar-refractivity contribution is -0.909. The average molecular weight is 359 g/mol. The maximum absolute atomic E-state index is 13.6. The number of quaternary nitrogens is 1. The topological polar surface area (TPSA) is 52.0 Å². The van der Waals surface area contributed by atoms with Gasteiger partial charge in [0.25, 0.3) is 5.91 Å². The van der Waals surface area contributed by atoms with Crippen molar-refractivity contribution in [3.05, 3.63) is 66.0 Å². The van der Waals surface area contributed by atoms with Crippen LogP contribution < -0.4 is 15.0 Å². The molecule has 6 heteroatoms. The first-order chi connectivity index (χ1) is 12.7.